The van der Waals surface area contributed by atoms with Crippen LogP contribution in [0.4, 0.5) is 9.59 Å². The van der Waals surface area contributed by atoms with Crippen LogP contribution in [-0.4, -0.2) is 98.2 Å². The first kappa shape index (κ1) is 41.0. The molecule has 0 spiro atoms. The first-order chi connectivity index (χ1) is 24.0. The predicted octanol–water partition coefficient (Wildman–Crippen LogP) is 5.58. The van der Waals surface area contributed by atoms with Crippen LogP contribution < -0.4 is 5.32 Å². The van der Waals surface area contributed by atoms with Crippen molar-refractivity contribution in [3.63, 3.8) is 0 Å². The second-order valence-electron chi connectivity index (χ2n) is 11.2. The Bertz CT molecular complexity index is 1420. The number of carbonyl (C=O) groups is 5. The number of hydrogen-bond donors (Lipinski definition) is 4. The smallest absolute Gasteiger partial charge is 0.410 e. The molecular weight excluding hydrogens is 737 g/mol. The molecule has 3 N–H and O–H groups in total. The largest absolute Gasteiger partial charge is 0.480 e. The number of likely N-dealkylation sites (tertiary alicyclic amines) is 2. The van der Waals surface area contributed by atoms with E-state index in [2.05, 4.69) is 5.32 Å². The molecule has 0 bridgehead atoms. The highest BCUT2D eigenvalue weighted by Gasteiger charge is 2.35. The van der Waals surface area contributed by atoms with Gasteiger partial charge in [0.2, 0.25) is 5.24 Å². The van der Waals surface area contributed by atoms with Crippen molar-refractivity contribution in [3.8, 4) is 0 Å². The van der Waals surface area contributed by atoms with E-state index in [1.807, 2.05) is 60.7 Å². The number of amides is 2. The minimum Gasteiger partial charge on any atom is -0.480 e. The predicted molar refractivity (Wildman–Crippen MR) is 192 cm³/mol. The molecule has 0 aliphatic carbocycles. The van der Waals surface area contributed by atoms with Gasteiger partial charge in [-0.15, -0.1) is 0 Å². The molecule has 3 fully saturated rings. The number of aliphatic carboxylic acids is 2. The molecule has 0 saturated carbocycles. The van der Waals surface area contributed by atoms with Gasteiger partial charge in [0.05, 0.1) is 0 Å². The number of carboxylic acids is 2. The van der Waals surface area contributed by atoms with Gasteiger partial charge in [-0.2, -0.15) is 0 Å². The number of hydrogen-bond acceptors (Lipinski definition) is 9. The number of thiol groups is 1. The molecule has 3 heterocycles. The summed E-state index contributed by atoms with van der Waals surface area (Å²) < 4.78 is 27.3. The molecule has 0 radical (unpaired) electrons. The fourth-order valence-corrected chi connectivity index (χ4v) is 5.19. The zero-order valence-corrected chi connectivity index (χ0v) is 30.7. The van der Waals surface area contributed by atoms with E-state index in [4.69, 9.17) is 53.8 Å². The van der Waals surface area contributed by atoms with Crippen molar-refractivity contribution >= 4 is 70.6 Å². The zero-order valence-electron chi connectivity index (χ0n) is 28.6. The summed E-state index contributed by atoms with van der Waals surface area (Å²) in [6.07, 6.45) is 3.35. The van der Waals surface area contributed by atoms with Gasteiger partial charge in [0, 0.05) is 27.1 Å². The lowest BCUT2D eigenvalue weighted by atomic mass is 10.2. The summed E-state index contributed by atoms with van der Waals surface area (Å²) in [4.78, 5) is 58.5. The van der Waals surface area contributed by atoms with Gasteiger partial charge in [-0.05, 0) is 89.2 Å². The molecule has 3 atom stereocenters. The highest BCUT2D eigenvalue weighted by molar-refractivity contribution is 8.40. The van der Waals surface area contributed by atoms with E-state index < -0.39 is 49.7 Å². The van der Waals surface area contributed by atoms with Crippen LogP contribution >= 0.6 is 33.0 Å². The Labute approximate surface area is 307 Å². The number of carboxylic acid groups (broad SMARTS) is 2. The molecule has 50 heavy (non-hydrogen) atoms. The lowest BCUT2D eigenvalue weighted by molar-refractivity contribution is -0.142. The van der Waals surface area contributed by atoms with Gasteiger partial charge in [0.15, 0.2) is 0 Å². The van der Waals surface area contributed by atoms with Crippen LogP contribution in [0.5, 0.6) is 0 Å². The molecule has 2 amide bonds. The summed E-state index contributed by atoms with van der Waals surface area (Å²) in [6.45, 7) is 3.71. The van der Waals surface area contributed by atoms with Crippen molar-refractivity contribution in [2.75, 3.05) is 25.4 Å². The van der Waals surface area contributed by atoms with Crippen LogP contribution in [0.3, 0.4) is 0 Å². The summed E-state index contributed by atoms with van der Waals surface area (Å²) in [7, 11) is 5.99. The first-order valence-electron chi connectivity index (χ1n) is 16.4. The molecule has 0 aromatic heterocycles. The number of rotatable bonds is 8. The van der Waals surface area contributed by atoms with Crippen molar-refractivity contribution in [2.45, 2.75) is 76.8 Å². The van der Waals surface area contributed by atoms with E-state index in [1.54, 1.807) is 0 Å². The Morgan fingerprint density at radius 2 is 1.24 bits per heavy atom. The molecule has 17 heteroatoms. The molecule has 2 aromatic carbocycles. The van der Waals surface area contributed by atoms with E-state index in [0.717, 1.165) is 36.9 Å². The van der Waals surface area contributed by atoms with Crippen molar-refractivity contribution < 1.29 is 47.9 Å². The van der Waals surface area contributed by atoms with Crippen LogP contribution in [0.15, 0.2) is 60.7 Å². The maximum Gasteiger partial charge on any atom is 0.410 e. The molecule has 3 aliphatic rings. The molecule has 3 aliphatic heterocycles. The van der Waals surface area contributed by atoms with Crippen LogP contribution in [0.25, 0.3) is 0 Å². The number of nitrogens with zero attached hydrogens (tertiary/aromatic N) is 2. The zero-order chi connectivity index (χ0) is 38.1. The average Bonchev–Trinajstić information content (AvgIpc) is 3.90. The van der Waals surface area contributed by atoms with Crippen LogP contribution in [0.1, 0.15) is 56.6 Å². The van der Waals surface area contributed by atoms with Crippen molar-refractivity contribution in [2.24, 2.45) is 0 Å². The van der Waals surface area contributed by atoms with Gasteiger partial charge < -0.3 is 25.0 Å². The van der Waals surface area contributed by atoms with E-state index >= 15 is 0 Å². The summed E-state index contributed by atoms with van der Waals surface area (Å²) >= 11 is 5.45. The molecule has 0 unspecified atom stereocenters. The SMILES string of the molecule is O=C(Cl)[C@@H]1CCCN1C(=O)OCc1ccccc1.O=C(O)[C@@H]1CCCN1.O=C(O)[C@@H]1CCCN1C(=O)OCc1ccccc1.[2H]S(=O)(Cl)(Cl)CC. The number of halogens is 3. The average molecular weight is 782 g/mol. The highest BCUT2D eigenvalue weighted by atomic mass is 36.0. The topological polar surface area (TPSA) is 180 Å². The minimum absolute atomic E-state index is 0.0136. The molecule has 278 valence electrons. The Kier molecular flexibility index (Phi) is 18.4. The Balaban J connectivity index is 0.000000255. The molecular formula is C33H44Cl3N3O10S. The third-order valence-electron chi connectivity index (χ3n) is 7.63. The summed E-state index contributed by atoms with van der Waals surface area (Å²) in [5.74, 6) is -1.70. The fourth-order valence-electron chi connectivity index (χ4n) is 4.96. The molecule has 2 aromatic rings. The fraction of sp³-hybridized carbons (Fsp3) is 0.485. The Morgan fingerprint density at radius 1 is 0.800 bits per heavy atom. The molecule has 3 saturated heterocycles. The van der Waals surface area contributed by atoms with E-state index in [1.165, 1.54) is 16.7 Å². The second kappa shape index (κ2) is 22.4. The minimum atomic E-state index is -3.92. The maximum atomic E-state index is 11.8. The second-order valence-corrected chi connectivity index (χ2v) is 16.7. The van der Waals surface area contributed by atoms with E-state index in [-0.39, 0.29) is 25.0 Å². The summed E-state index contributed by atoms with van der Waals surface area (Å²) in [6, 6.07) is 17.2. The molecule has 5 rings (SSSR count). The van der Waals surface area contributed by atoms with Gasteiger partial charge in [0.1, 0.15) is 32.5 Å². The van der Waals surface area contributed by atoms with Crippen molar-refractivity contribution in [3.05, 3.63) is 71.8 Å². The van der Waals surface area contributed by atoms with Gasteiger partial charge >= 0.3 is 24.1 Å². The van der Waals surface area contributed by atoms with Crippen LogP contribution in [0, 0.1) is 0 Å². The van der Waals surface area contributed by atoms with Crippen molar-refractivity contribution in [1.82, 2.24) is 15.1 Å². The van der Waals surface area contributed by atoms with Gasteiger partial charge in [-0.25, -0.2) is 14.4 Å². The van der Waals surface area contributed by atoms with Gasteiger partial charge in [0.25, 0.3) is 0 Å². The maximum absolute atomic E-state index is 11.8. The summed E-state index contributed by atoms with van der Waals surface area (Å²) in [5.41, 5.74) is 1.80. The van der Waals surface area contributed by atoms with E-state index in [0.29, 0.717) is 32.4 Å². The highest BCUT2D eigenvalue weighted by Crippen LogP contribution is 2.21. The van der Waals surface area contributed by atoms with E-state index in [9.17, 15) is 28.2 Å². The van der Waals surface area contributed by atoms with Crippen molar-refractivity contribution in [1.29, 1.82) is 1.12 Å². The monoisotopic (exact) mass is 780 g/mol. The third-order valence-corrected chi connectivity index (χ3v) is 9.86. The Hall–Kier alpha value is -3.43. The first-order valence-corrected chi connectivity index (χ1v) is 19.7. The van der Waals surface area contributed by atoms with Crippen LogP contribution in [0.2, 0.25) is 0 Å². The standard InChI is InChI=1S/C13H14ClNO3.C13H15NO4.C5H9NO2.C2H6Cl2OS/c14-12(16)11-7-4-8-15(11)13(17)18-9-10-5-2-1-3-6-10;15-12(16)11-7-4-8-14(11)13(17)18-9-10-5-2-1-3-6-10;7-5(8)4-2-1-3-6-4;1-2-6(3,4)5/h1-3,5-6,11H,4,7-9H2;1-3,5-6,11H,4,7-9H2,(H,15,16);4,6H,1-3H2,(H,7,8);6H,2H2,1H3/t2*11-;4-;/m000./s1/i;;;6D. The normalized spacial score (nSPS) is 20.5. The Morgan fingerprint density at radius 3 is 1.58 bits per heavy atom. The molecule has 13 nitrogen and oxygen atoms in total. The van der Waals surface area contributed by atoms with Gasteiger partial charge in [-0.1, -0.05) is 67.6 Å². The number of ether oxygens (including phenoxy) is 2. The number of benzene rings is 2. The van der Waals surface area contributed by atoms with Crippen LogP contribution in [-0.2, 0) is 45.3 Å². The lowest BCUT2D eigenvalue weighted by Crippen LogP contribution is -2.40. The number of carbonyl (C=O) groups excluding carboxylic acids is 3. The summed E-state index contributed by atoms with van der Waals surface area (Å²) in [5, 5.41) is 19.7. The third kappa shape index (κ3) is 16.1. The lowest BCUT2D eigenvalue weighted by Gasteiger charge is -2.20. The quantitative estimate of drug-likeness (QED) is 0.194. The van der Waals surface area contributed by atoms with Gasteiger partial charge in [-0.3, -0.25) is 23.6 Å². The number of nitrogens with one attached hydrogen (secondary N) is 1.